The molecule has 0 atom stereocenters. The Morgan fingerprint density at radius 2 is 1.92 bits per heavy atom. The zero-order valence-corrected chi connectivity index (χ0v) is 14.8. The molecule has 5 heteroatoms. The van der Waals surface area contributed by atoms with Gasteiger partial charge < -0.3 is 16.0 Å². The molecule has 0 amide bonds. The summed E-state index contributed by atoms with van der Waals surface area (Å²) in [6.07, 6.45) is 0. The molecule has 128 valence electrons. The Labute approximate surface area is 148 Å². The van der Waals surface area contributed by atoms with Crippen LogP contribution in [0.25, 0.3) is 10.9 Å². The summed E-state index contributed by atoms with van der Waals surface area (Å²) in [7, 11) is 3.97. The normalized spacial score (nSPS) is 11.6. The third-order valence-electron chi connectivity index (χ3n) is 3.96. The van der Waals surface area contributed by atoms with E-state index < -0.39 is 0 Å². The largest absolute Gasteiger partial charge is 0.370 e. The van der Waals surface area contributed by atoms with Gasteiger partial charge in [0.15, 0.2) is 5.96 Å². The number of guanidine groups is 1. The number of nitrogens with zero attached hydrogens (tertiary/aromatic N) is 3. The molecule has 0 radical (unpaired) electrons. The average molecular weight is 333 g/mol. The summed E-state index contributed by atoms with van der Waals surface area (Å²) >= 11 is 0. The molecule has 0 fully saturated rings. The summed E-state index contributed by atoms with van der Waals surface area (Å²) in [5, 5.41) is 4.24. The zero-order valence-electron chi connectivity index (χ0n) is 14.8. The van der Waals surface area contributed by atoms with Gasteiger partial charge in [0.2, 0.25) is 0 Å². The highest BCUT2D eigenvalue weighted by Gasteiger charge is 2.07. The van der Waals surface area contributed by atoms with Gasteiger partial charge in [0.05, 0.1) is 12.1 Å². The van der Waals surface area contributed by atoms with Crippen LogP contribution in [0.2, 0.25) is 0 Å². The number of rotatable bonds is 4. The van der Waals surface area contributed by atoms with Crippen LogP contribution in [0.3, 0.4) is 0 Å². The van der Waals surface area contributed by atoms with E-state index in [2.05, 4.69) is 27.4 Å². The molecular formula is C20H23N5. The molecule has 3 rings (SSSR count). The van der Waals surface area contributed by atoms with Crippen molar-refractivity contribution < 1.29 is 0 Å². The minimum Gasteiger partial charge on any atom is -0.370 e. The fraction of sp³-hybridized carbons (Fsp3) is 0.200. The van der Waals surface area contributed by atoms with E-state index in [4.69, 9.17) is 5.73 Å². The van der Waals surface area contributed by atoms with Crippen LogP contribution in [-0.2, 0) is 6.54 Å². The highest BCUT2D eigenvalue weighted by Crippen LogP contribution is 2.22. The monoisotopic (exact) mass is 333 g/mol. The predicted octanol–water partition coefficient (Wildman–Crippen LogP) is 3.54. The summed E-state index contributed by atoms with van der Waals surface area (Å²) < 4.78 is 0. The van der Waals surface area contributed by atoms with Crippen molar-refractivity contribution >= 4 is 28.4 Å². The third kappa shape index (κ3) is 4.07. The SMILES string of the molecule is Cc1cccc(NC(N)=NCc2cc(N(C)C)nc3ccccc23)c1. The zero-order chi connectivity index (χ0) is 17.8. The molecule has 3 N–H and O–H groups in total. The lowest BCUT2D eigenvalue weighted by Gasteiger charge is -2.14. The van der Waals surface area contributed by atoms with E-state index in [0.29, 0.717) is 12.5 Å². The number of anilines is 2. The van der Waals surface area contributed by atoms with Crippen LogP contribution in [0, 0.1) is 6.92 Å². The lowest BCUT2D eigenvalue weighted by atomic mass is 10.1. The van der Waals surface area contributed by atoms with Crippen LogP contribution >= 0.6 is 0 Å². The number of nitrogens with two attached hydrogens (primary N) is 1. The number of hydrogen-bond donors (Lipinski definition) is 2. The molecule has 5 nitrogen and oxygen atoms in total. The van der Waals surface area contributed by atoms with Gasteiger partial charge in [-0.05, 0) is 42.3 Å². The van der Waals surface area contributed by atoms with Crippen molar-refractivity contribution in [2.75, 3.05) is 24.3 Å². The first-order valence-electron chi connectivity index (χ1n) is 8.22. The summed E-state index contributed by atoms with van der Waals surface area (Å²) in [6, 6.07) is 18.2. The summed E-state index contributed by atoms with van der Waals surface area (Å²) in [6.45, 7) is 2.54. The van der Waals surface area contributed by atoms with Gasteiger partial charge in [-0.2, -0.15) is 0 Å². The molecule has 0 bridgehead atoms. The first-order chi connectivity index (χ1) is 12.0. The second kappa shape index (κ2) is 7.21. The highest BCUT2D eigenvalue weighted by molar-refractivity contribution is 5.92. The average Bonchev–Trinajstić information content (AvgIpc) is 2.59. The standard InChI is InChI=1S/C20H23N5/c1-14-7-6-8-16(11-14)23-20(21)22-13-15-12-19(25(2)3)24-18-10-5-4-9-17(15)18/h4-12H,13H2,1-3H3,(H3,21,22,23). The Morgan fingerprint density at radius 1 is 1.12 bits per heavy atom. The number of pyridine rings is 1. The fourth-order valence-electron chi connectivity index (χ4n) is 2.67. The van der Waals surface area contributed by atoms with Crippen LogP contribution in [0.4, 0.5) is 11.5 Å². The molecule has 0 unspecified atom stereocenters. The fourth-order valence-corrected chi connectivity index (χ4v) is 2.67. The van der Waals surface area contributed by atoms with Gasteiger partial charge in [-0.3, -0.25) is 0 Å². The summed E-state index contributed by atoms with van der Waals surface area (Å²) in [4.78, 5) is 11.2. The van der Waals surface area contributed by atoms with Gasteiger partial charge in [-0.1, -0.05) is 30.3 Å². The van der Waals surface area contributed by atoms with Crippen molar-refractivity contribution in [2.24, 2.45) is 10.7 Å². The number of benzene rings is 2. The van der Waals surface area contributed by atoms with E-state index in [1.165, 1.54) is 5.56 Å². The van der Waals surface area contributed by atoms with E-state index in [9.17, 15) is 0 Å². The summed E-state index contributed by atoms with van der Waals surface area (Å²) in [5.41, 5.74) is 10.2. The molecule has 1 aromatic heterocycles. The number of fused-ring (bicyclic) bond motifs is 1. The maximum Gasteiger partial charge on any atom is 0.193 e. The number of aliphatic imine (C=N–C) groups is 1. The Bertz CT molecular complexity index is 915. The third-order valence-corrected chi connectivity index (χ3v) is 3.96. The van der Waals surface area contributed by atoms with Crippen molar-refractivity contribution in [3.63, 3.8) is 0 Å². The van der Waals surface area contributed by atoms with Crippen LogP contribution in [-0.4, -0.2) is 25.0 Å². The Morgan fingerprint density at radius 3 is 2.68 bits per heavy atom. The molecular weight excluding hydrogens is 310 g/mol. The Hall–Kier alpha value is -3.08. The Balaban J connectivity index is 1.86. The smallest absolute Gasteiger partial charge is 0.193 e. The van der Waals surface area contributed by atoms with Crippen LogP contribution < -0.4 is 16.0 Å². The van der Waals surface area contributed by atoms with E-state index in [1.807, 2.05) is 68.4 Å². The van der Waals surface area contributed by atoms with Gasteiger partial charge in [0.1, 0.15) is 5.82 Å². The molecule has 0 aliphatic carbocycles. The van der Waals surface area contributed by atoms with E-state index >= 15 is 0 Å². The molecule has 0 spiro atoms. The molecule has 25 heavy (non-hydrogen) atoms. The first-order valence-corrected chi connectivity index (χ1v) is 8.22. The number of hydrogen-bond acceptors (Lipinski definition) is 3. The Kier molecular flexibility index (Phi) is 4.84. The maximum atomic E-state index is 6.06. The topological polar surface area (TPSA) is 66.5 Å². The van der Waals surface area contributed by atoms with E-state index in [-0.39, 0.29) is 0 Å². The second-order valence-electron chi connectivity index (χ2n) is 6.25. The van der Waals surface area contributed by atoms with Crippen molar-refractivity contribution in [1.29, 1.82) is 0 Å². The van der Waals surface area contributed by atoms with Crippen LogP contribution in [0.15, 0.2) is 59.6 Å². The van der Waals surface area contributed by atoms with Crippen molar-refractivity contribution in [3.8, 4) is 0 Å². The van der Waals surface area contributed by atoms with E-state index in [0.717, 1.165) is 28.0 Å². The molecule has 3 aromatic rings. The molecule has 0 saturated carbocycles. The number of aryl methyl sites for hydroxylation is 1. The van der Waals surface area contributed by atoms with Crippen LogP contribution in [0.5, 0.6) is 0 Å². The first kappa shape index (κ1) is 16.8. The van der Waals surface area contributed by atoms with Gasteiger partial charge in [-0.15, -0.1) is 0 Å². The number of para-hydroxylation sites is 1. The van der Waals surface area contributed by atoms with Gasteiger partial charge in [0, 0.05) is 25.2 Å². The highest BCUT2D eigenvalue weighted by atomic mass is 15.1. The summed E-state index contributed by atoms with van der Waals surface area (Å²) in [5.74, 6) is 1.31. The number of aromatic nitrogens is 1. The quantitative estimate of drug-likeness (QED) is 0.566. The van der Waals surface area contributed by atoms with Crippen molar-refractivity contribution in [1.82, 2.24) is 4.98 Å². The van der Waals surface area contributed by atoms with Gasteiger partial charge >= 0.3 is 0 Å². The second-order valence-corrected chi connectivity index (χ2v) is 6.25. The van der Waals surface area contributed by atoms with Crippen molar-refractivity contribution in [3.05, 3.63) is 65.7 Å². The van der Waals surface area contributed by atoms with Crippen molar-refractivity contribution in [2.45, 2.75) is 13.5 Å². The molecule has 2 aromatic carbocycles. The number of nitrogens with one attached hydrogen (secondary N) is 1. The molecule has 0 aliphatic heterocycles. The predicted molar refractivity (Wildman–Crippen MR) is 106 cm³/mol. The maximum absolute atomic E-state index is 6.06. The lowest BCUT2D eigenvalue weighted by molar-refractivity contribution is 1.04. The van der Waals surface area contributed by atoms with E-state index in [1.54, 1.807) is 0 Å². The molecule has 0 saturated heterocycles. The van der Waals surface area contributed by atoms with Crippen LogP contribution in [0.1, 0.15) is 11.1 Å². The van der Waals surface area contributed by atoms with Gasteiger partial charge in [0.25, 0.3) is 0 Å². The minimum absolute atomic E-state index is 0.401. The van der Waals surface area contributed by atoms with Gasteiger partial charge in [-0.25, -0.2) is 9.98 Å². The minimum atomic E-state index is 0.401. The molecule has 1 heterocycles. The lowest BCUT2D eigenvalue weighted by Crippen LogP contribution is -2.22. The molecule has 0 aliphatic rings.